The van der Waals surface area contributed by atoms with Crippen molar-refractivity contribution in [3.8, 4) is 5.75 Å². The van der Waals surface area contributed by atoms with Crippen molar-refractivity contribution in [1.29, 1.82) is 0 Å². The molecule has 0 bridgehead atoms. The van der Waals surface area contributed by atoms with Gasteiger partial charge in [0.25, 0.3) is 0 Å². The molecule has 1 fully saturated rings. The summed E-state index contributed by atoms with van der Waals surface area (Å²) in [5.74, 6) is 2.14. The molecule has 1 aliphatic rings. The predicted octanol–water partition coefficient (Wildman–Crippen LogP) is 2.99. The van der Waals surface area contributed by atoms with Crippen LogP contribution in [0.4, 0.5) is 5.95 Å². The number of hydrogen-bond acceptors (Lipinski definition) is 3. The van der Waals surface area contributed by atoms with Crippen LogP contribution in [0.5, 0.6) is 5.75 Å². The van der Waals surface area contributed by atoms with Gasteiger partial charge < -0.3 is 15.0 Å². The number of aromatic nitrogens is 2. The normalized spacial score (nSPS) is 22.3. The van der Waals surface area contributed by atoms with Crippen LogP contribution in [0.3, 0.4) is 0 Å². The molecule has 2 atom stereocenters. The zero-order valence-corrected chi connectivity index (χ0v) is 10.9. The number of rotatable bonds is 4. The van der Waals surface area contributed by atoms with Gasteiger partial charge in [-0.2, -0.15) is 0 Å². The van der Waals surface area contributed by atoms with Crippen molar-refractivity contribution in [2.45, 2.75) is 32.7 Å². The second-order valence-corrected chi connectivity index (χ2v) is 5.09. The van der Waals surface area contributed by atoms with Crippen LogP contribution in [0.1, 0.15) is 32.7 Å². The van der Waals surface area contributed by atoms with Gasteiger partial charge in [-0.1, -0.05) is 19.9 Å². The van der Waals surface area contributed by atoms with Crippen LogP contribution < -0.4 is 10.5 Å². The number of para-hydroxylation sites is 1. The minimum Gasteiger partial charge on any atom is -0.491 e. The van der Waals surface area contributed by atoms with E-state index in [0.717, 1.165) is 23.2 Å². The minimum atomic E-state index is 0.511. The second-order valence-electron chi connectivity index (χ2n) is 5.09. The number of nitrogen functional groups attached to an aromatic ring is 1. The highest BCUT2D eigenvalue weighted by molar-refractivity contribution is 5.84. The molecule has 1 aromatic carbocycles. The molecule has 1 aliphatic carbocycles. The Morgan fingerprint density at radius 3 is 2.94 bits per heavy atom. The third kappa shape index (κ3) is 1.72. The highest BCUT2D eigenvalue weighted by Gasteiger charge is 2.36. The first kappa shape index (κ1) is 11.4. The van der Waals surface area contributed by atoms with Crippen LogP contribution in [0, 0.1) is 5.92 Å². The molecule has 0 radical (unpaired) electrons. The average Bonchev–Trinajstić information content (AvgIpc) is 2.96. The molecule has 2 aromatic rings. The van der Waals surface area contributed by atoms with E-state index in [4.69, 9.17) is 10.5 Å². The number of imidazole rings is 1. The van der Waals surface area contributed by atoms with Gasteiger partial charge in [0, 0.05) is 6.04 Å². The largest absolute Gasteiger partial charge is 0.491 e. The summed E-state index contributed by atoms with van der Waals surface area (Å²) in [6.45, 7) is 5.05. The lowest BCUT2D eigenvalue weighted by atomic mass is 10.3. The summed E-state index contributed by atoms with van der Waals surface area (Å²) in [6.07, 6.45) is 2.18. The third-order valence-electron chi connectivity index (χ3n) is 3.57. The summed E-state index contributed by atoms with van der Waals surface area (Å²) in [4.78, 5) is 4.48. The maximum atomic E-state index is 6.05. The van der Waals surface area contributed by atoms with Crippen LogP contribution in [0.2, 0.25) is 0 Å². The monoisotopic (exact) mass is 245 g/mol. The Morgan fingerprint density at radius 2 is 2.28 bits per heavy atom. The molecule has 4 heteroatoms. The average molecular weight is 245 g/mol. The quantitative estimate of drug-likeness (QED) is 0.901. The molecule has 0 aliphatic heterocycles. The van der Waals surface area contributed by atoms with Gasteiger partial charge in [-0.25, -0.2) is 4.98 Å². The fraction of sp³-hybridized carbons (Fsp3) is 0.500. The maximum Gasteiger partial charge on any atom is 0.201 e. The van der Waals surface area contributed by atoms with Gasteiger partial charge in [-0.15, -0.1) is 0 Å². The number of benzene rings is 1. The molecule has 4 nitrogen and oxygen atoms in total. The van der Waals surface area contributed by atoms with Gasteiger partial charge in [0.2, 0.25) is 5.95 Å². The lowest BCUT2D eigenvalue weighted by Gasteiger charge is -2.06. The Kier molecular flexibility index (Phi) is 2.65. The first-order chi connectivity index (χ1) is 8.72. The van der Waals surface area contributed by atoms with Crippen molar-refractivity contribution in [2.75, 3.05) is 12.3 Å². The second kappa shape index (κ2) is 4.19. The van der Waals surface area contributed by atoms with Crippen molar-refractivity contribution in [3.05, 3.63) is 18.2 Å². The van der Waals surface area contributed by atoms with Crippen LogP contribution >= 0.6 is 0 Å². The van der Waals surface area contributed by atoms with Crippen LogP contribution in [-0.4, -0.2) is 16.2 Å². The van der Waals surface area contributed by atoms with Gasteiger partial charge in [0.05, 0.1) is 12.1 Å². The zero-order chi connectivity index (χ0) is 12.7. The Morgan fingerprint density at radius 1 is 1.50 bits per heavy atom. The van der Waals surface area contributed by atoms with E-state index in [-0.39, 0.29) is 0 Å². The smallest absolute Gasteiger partial charge is 0.201 e. The molecule has 96 valence electrons. The van der Waals surface area contributed by atoms with E-state index in [2.05, 4.69) is 29.5 Å². The summed E-state index contributed by atoms with van der Waals surface area (Å²) >= 11 is 0. The summed E-state index contributed by atoms with van der Waals surface area (Å²) < 4.78 is 7.88. The summed E-state index contributed by atoms with van der Waals surface area (Å²) in [7, 11) is 0. The summed E-state index contributed by atoms with van der Waals surface area (Å²) in [5.41, 5.74) is 8.03. The first-order valence-corrected chi connectivity index (χ1v) is 6.61. The lowest BCUT2D eigenvalue weighted by Crippen LogP contribution is -2.01. The van der Waals surface area contributed by atoms with E-state index in [0.29, 0.717) is 24.5 Å². The van der Waals surface area contributed by atoms with Crippen molar-refractivity contribution < 1.29 is 4.74 Å². The maximum absolute atomic E-state index is 6.05. The number of nitrogens with two attached hydrogens (primary N) is 1. The van der Waals surface area contributed by atoms with Crippen molar-refractivity contribution >= 4 is 17.0 Å². The van der Waals surface area contributed by atoms with Crippen molar-refractivity contribution in [1.82, 2.24) is 9.55 Å². The van der Waals surface area contributed by atoms with E-state index in [1.807, 2.05) is 12.1 Å². The molecule has 0 saturated heterocycles. The molecule has 2 N–H and O–H groups in total. The summed E-state index contributed by atoms with van der Waals surface area (Å²) in [5, 5.41) is 0. The minimum absolute atomic E-state index is 0.511. The Balaban J connectivity index is 2.07. The standard InChI is InChI=1S/C14H19N3O/c1-3-7-18-12-6-4-5-10-13(12)16-14(15)17(10)11-8-9(11)2/h4-6,9,11H,3,7-8H2,1-2H3,(H2,15,16). The predicted molar refractivity (Wildman–Crippen MR) is 72.7 cm³/mol. The molecule has 0 amide bonds. The number of fused-ring (bicyclic) bond motifs is 1. The third-order valence-corrected chi connectivity index (χ3v) is 3.57. The van der Waals surface area contributed by atoms with Gasteiger partial charge in [0.1, 0.15) is 11.3 Å². The van der Waals surface area contributed by atoms with Crippen molar-refractivity contribution in [3.63, 3.8) is 0 Å². The Bertz CT molecular complexity index is 576. The van der Waals surface area contributed by atoms with Crippen molar-refractivity contribution in [2.24, 2.45) is 5.92 Å². The lowest BCUT2D eigenvalue weighted by molar-refractivity contribution is 0.320. The van der Waals surface area contributed by atoms with E-state index in [9.17, 15) is 0 Å². The van der Waals surface area contributed by atoms with Gasteiger partial charge in [-0.3, -0.25) is 0 Å². The van der Waals surface area contributed by atoms with Gasteiger partial charge >= 0.3 is 0 Å². The summed E-state index contributed by atoms with van der Waals surface area (Å²) in [6, 6.07) is 6.56. The van der Waals surface area contributed by atoms with Crippen LogP contribution in [0.15, 0.2) is 18.2 Å². The van der Waals surface area contributed by atoms with Crippen LogP contribution in [-0.2, 0) is 0 Å². The van der Waals surface area contributed by atoms with E-state index < -0.39 is 0 Å². The van der Waals surface area contributed by atoms with Gasteiger partial charge in [-0.05, 0) is 30.9 Å². The van der Waals surface area contributed by atoms with E-state index in [1.165, 1.54) is 6.42 Å². The topological polar surface area (TPSA) is 53.1 Å². The molecule has 1 aromatic heterocycles. The molecule has 2 unspecified atom stereocenters. The van der Waals surface area contributed by atoms with E-state index in [1.54, 1.807) is 0 Å². The molecular formula is C14H19N3O. The molecule has 0 spiro atoms. The fourth-order valence-corrected chi connectivity index (χ4v) is 2.45. The Labute approximate surface area is 107 Å². The highest BCUT2D eigenvalue weighted by atomic mass is 16.5. The molecule has 3 rings (SSSR count). The fourth-order valence-electron chi connectivity index (χ4n) is 2.45. The number of ether oxygens (including phenoxy) is 1. The van der Waals surface area contributed by atoms with Gasteiger partial charge in [0.15, 0.2) is 0 Å². The molecular weight excluding hydrogens is 226 g/mol. The molecule has 18 heavy (non-hydrogen) atoms. The Hall–Kier alpha value is -1.71. The number of anilines is 1. The van der Waals surface area contributed by atoms with E-state index >= 15 is 0 Å². The van der Waals surface area contributed by atoms with Crippen LogP contribution in [0.25, 0.3) is 11.0 Å². The zero-order valence-electron chi connectivity index (χ0n) is 10.9. The number of hydrogen-bond donors (Lipinski definition) is 1. The first-order valence-electron chi connectivity index (χ1n) is 6.61. The molecule has 1 saturated carbocycles. The highest BCUT2D eigenvalue weighted by Crippen LogP contribution is 2.46. The number of nitrogens with zero attached hydrogens (tertiary/aromatic N) is 2. The SMILES string of the molecule is CCCOc1cccc2c1nc(N)n2C1CC1C. The molecule has 1 heterocycles.